The van der Waals surface area contributed by atoms with Crippen LogP contribution in [-0.4, -0.2) is 47.5 Å². The Bertz CT molecular complexity index is 1790. The minimum atomic E-state index is -0.836. The van der Waals surface area contributed by atoms with Gasteiger partial charge >= 0.3 is 0 Å². The number of benzene rings is 2. The standard InChI is InChI=1S/C28H24F2N6O3/c1-35-12-17-16(4-2-5-22(17)34-35)15-10-20(29)18(21(30)11-15)13-36-14-19(25-26(28(36)39)32-9-8-31-25)27(38)33-23-6-3-7-24(23)37/h2,4-5,8-12,14,23-24,37H,3,6-7,13H2,1H3,(H,33,38)/t23-,24-/m0/s1. The Kier molecular flexibility index (Phi) is 6.15. The van der Waals surface area contributed by atoms with E-state index in [1.807, 2.05) is 6.07 Å². The predicted molar refractivity (Wildman–Crippen MR) is 140 cm³/mol. The Hall–Kier alpha value is -4.51. The quantitative estimate of drug-likeness (QED) is 0.360. The molecule has 1 aliphatic carbocycles. The summed E-state index contributed by atoms with van der Waals surface area (Å²) < 4.78 is 33.5. The fourth-order valence-electron chi connectivity index (χ4n) is 5.24. The number of pyridine rings is 1. The van der Waals surface area contributed by atoms with Crippen molar-refractivity contribution in [2.24, 2.45) is 7.05 Å². The van der Waals surface area contributed by atoms with Crippen LogP contribution >= 0.6 is 0 Å². The van der Waals surface area contributed by atoms with Crippen LogP contribution in [-0.2, 0) is 13.6 Å². The number of rotatable bonds is 5. The average Bonchev–Trinajstić information content (AvgIpc) is 3.50. The second-order valence-corrected chi connectivity index (χ2v) is 9.77. The van der Waals surface area contributed by atoms with Crippen LogP contribution in [0.1, 0.15) is 35.2 Å². The highest BCUT2D eigenvalue weighted by Gasteiger charge is 2.28. The zero-order chi connectivity index (χ0) is 27.3. The number of aromatic nitrogens is 5. The first kappa shape index (κ1) is 24.8. The molecule has 1 fully saturated rings. The van der Waals surface area contributed by atoms with E-state index in [2.05, 4.69) is 20.4 Å². The molecule has 39 heavy (non-hydrogen) atoms. The Morgan fingerprint density at radius 1 is 1.10 bits per heavy atom. The molecule has 0 unspecified atom stereocenters. The number of halogens is 2. The van der Waals surface area contributed by atoms with E-state index in [9.17, 15) is 14.7 Å². The summed E-state index contributed by atoms with van der Waals surface area (Å²) in [6, 6.07) is 7.35. The molecule has 0 aliphatic heterocycles. The van der Waals surface area contributed by atoms with Gasteiger partial charge in [-0.3, -0.25) is 19.3 Å². The van der Waals surface area contributed by atoms with Crippen molar-refractivity contribution < 1.29 is 18.7 Å². The highest BCUT2D eigenvalue weighted by atomic mass is 19.1. The van der Waals surface area contributed by atoms with Gasteiger partial charge in [0.2, 0.25) is 0 Å². The molecule has 0 bridgehead atoms. The van der Waals surface area contributed by atoms with Crippen LogP contribution in [0.2, 0.25) is 0 Å². The van der Waals surface area contributed by atoms with Gasteiger partial charge in [-0.1, -0.05) is 12.1 Å². The van der Waals surface area contributed by atoms with Gasteiger partial charge < -0.3 is 15.0 Å². The zero-order valence-corrected chi connectivity index (χ0v) is 20.9. The van der Waals surface area contributed by atoms with Crippen LogP contribution < -0.4 is 10.9 Å². The van der Waals surface area contributed by atoms with Crippen molar-refractivity contribution in [1.82, 2.24) is 29.6 Å². The number of nitrogens with one attached hydrogen (secondary N) is 1. The molecule has 9 nitrogen and oxygen atoms in total. The SMILES string of the molecule is Cn1cc2c(-c3cc(F)c(Cn4cc(C(=O)N[C@H]5CCC[C@@H]5O)c5nccnc5c4=O)c(F)c3)cccc2n1. The Balaban J connectivity index is 1.40. The summed E-state index contributed by atoms with van der Waals surface area (Å²) >= 11 is 0. The monoisotopic (exact) mass is 530 g/mol. The lowest BCUT2D eigenvalue weighted by atomic mass is 9.99. The number of aryl methyl sites for hydroxylation is 1. The van der Waals surface area contributed by atoms with E-state index in [0.717, 1.165) is 16.4 Å². The Labute approximate surface area is 220 Å². The molecular weight excluding hydrogens is 506 g/mol. The number of carbonyl (C=O) groups excluding carboxylic acids is 1. The molecule has 1 amide bonds. The molecular formula is C28H24F2N6O3. The molecule has 2 aromatic carbocycles. The molecule has 2 atom stereocenters. The van der Waals surface area contributed by atoms with E-state index in [-0.39, 0.29) is 22.2 Å². The number of aliphatic hydroxyl groups is 1. The number of aliphatic hydroxyl groups excluding tert-OH is 1. The summed E-state index contributed by atoms with van der Waals surface area (Å²) in [5, 5.41) is 18.0. The molecule has 6 rings (SSSR count). The van der Waals surface area contributed by atoms with Gasteiger partial charge in [0.05, 0.1) is 29.8 Å². The van der Waals surface area contributed by atoms with E-state index in [4.69, 9.17) is 0 Å². The molecule has 0 radical (unpaired) electrons. The van der Waals surface area contributed by atoms with Crippen LogP contribution in [0.3, 0.4) is 0 Å². The van der Waals surface area contributed by atoms with Gasteiger partial charge in [0.1, 0.15) is 17.2 Å². The molecule has 11 heteroatoms. The van der Waals surface area contributed by atoms with Crippen molar-refractivity contribution in [3.05, 3.63) is 88.2 Å². The van der Waals surface area contributed by atoms with E-state index in [1.165, 1.54) is 30.7 Å². The number of carbonyl (C=O) groups is 1. The maximum absolute atomic E-state index is 15.4. The van der Waals surface area contributed by atoms with Crippen LogP contribution in [0, 0.1) is 11.6 Å². The van der Waals surface area contributed by atoms with Crippen LogP contribution in [0.4, 0.5) is 8.78 Å². The van der Waals surface area contributed by atoms with Crippen molar-refractivity contribution in [2.45, 2.75) is 38.0 Å². The molecule has 0 spiro atoms. The van der Waals surface area contributed by atoms with Crippen molar-refractivity contribution in [2.75, 3.05) is 0 Å². The Morgan fingerprint density at radius 3 is 2.56 bits per heavy atom. The van der Waals surface area contributed by atoms with E-state index in [1.54, 1.807) is 30.1 Å². The van der Waals surface area contributed by atoms with Crippen molar-refractivity contribution in [3.8, 4) is 11.1 Å². The van der Waals surface area contributed by atoms with Crippen molar-refractivity contribution in [1.29, 1.82) is 0 Å². The number of nitrogens with zero attached hydrogens (tertiary/aromatic N) is 5. The fraction of sp³-hybridized carbons (Fsp3) is 0.250. The first-order valence-electron chi connectivity index (χ1n) is 12.5. The van der Waals surface area contributed by atoms with E-state index >= 15 is 8.78 Å². The minimum Gasteiger partial charge on any atom is -0.391 e. The highest BCUT2D eigenvalue weighted by molar-refractivity contribution is 6.04. The minimum absolute atomic E-state index is 0.0255. The summed E-state index contributed by atoms with van der Waals surface area (Å²) in [4.78, 5) is 34.6. The van der Waals surface area contributed by atoms with Crippen LogP contribution in [0.15, 0.2) is 59.9 Å². The third-order valence-electron chi connectivity index (χ3n) is 7.19. The smallest absolute Gasteiger partial charge is 0.279 e. The molecule has 3 heterocycles. The molecule has 198 valence electrons. The molecule has 1 saturated carbocycles. The number of hydrogen-bond acceptors (Lipinski definition) is 6. The largest absolute Gasteiger partial charge is 0.391 e. The summed E-state index contributed by atoms with van der Waals surface area (Å²) in [5.41, 5.74) is 0.675. The molecule has 1 aliphatic rings. The summed E-state index contributed by atoms with van der Waals surface area (Å²) in [6.45, 7) is -0.466. The maximum Gasteiger partial charge on any atom is 0.279 e. The molecule has 0 saturated heterocycles. The van der Waals surface area contributed by atoms with Gasteiger partial charge in [0, 0.05) is 42.8 Å². The second-order valence-electron chi connectivity index (χ2n) is 9.77. The van der Waals surface area contributed by atoms with E-state index in [0.29, 0.717) is 29.5 Å². The Morgan fingerprint density at radius 2 is 1.85 bits per heavy atom. The third-order valence-corrected chi connectivity index (χ3v) is 7.19. The lowest BCUT2D eigenvalue weighted by Gasteiger charge is -2.18. The lowest BCUT2D eigenvalue weighted by molar-refractivity contribution is 0.0874. The van der Waals surface area contributed by atoms with Gasteiger partial charge in [-0.05, 0) is 48.6 Å². The molecule has 3 aromatic heterocycles. The predicted octanol–water partition coefficient (Wildman–Crippen LogP) is 3.31. The van der Waals surface area contributed by atoms with Gasteiger partial charge in [-0.2, -0.15) is 5.10 Å². The maximum atomic E-state index is 15.4. The van der Waals surface area contributed by atoms with Gasteiger partial charge in [0.15, 0.2) is 5.52 Å². The van der Waals surface area contributed by atoms with Gasteiger partial charge in [-0.25, -0.2) is 13.8 Å². The lowest BCUT2D eigenvalue weighted by Crippen LogP contribution is -2.40. The van der Waals surface area contributed by atoms with Gasteiger partial charge in [-0.15, -0.1) is 0 Å². The van der Waals surface area contributed by atoms with Crippen LogP contribution in [0.5, 0.6) is 0 Å². The third kappa shape index (κ3) is 4.44. The second kappa shape index (κ2) is 9.66. The normalized spacial score (nSPS) is 17.2. The average molecular weight is 531 g/mol. The first-order valence-corrected chi connectivity index (χ1v) is 12.5. The first-order chi connectivity index (χ1) is 18.8. The summed E-state index contributed by atoms with van der Waals surface area (Å²) in [7, 11) is 1.77. The van der Waals surface area contributed by atoms with Gasteiger partial charge in [0.25, 0.3) is 11.5 Å². The molecule has 2 N–H and O–H groups in total. The topological polar surface area (TPSA) is 115 Å². The fourth-order valence-corrected chi connectivity index (χ4v) is 5.24. The van der Waals surface area contributed by atoms with Crippen molar-refractivity contribution in [3.63, 3.8) is 0 Å². The summed E-state index contributed by atoms with van der Waals surface area (Å²) in [5.74, 6) is -2.23. The molecule has 5 aromatic rings. The van der Waals surface area contributed by atoms with E-state index < -0.39 is 41.8 Å². The number of fused-ring (bicyclic) bond motifs is 2. The van der Waals surface area contributed by atoms with Crippen LogP contribution in [0.25, 0.3) is 33.1 Å². The zero-order valence-electron chi connectivity index (χ0n) is 20.9. The highest BCUT2D eigenvalue weighted by Crippen LogP contribution is 2.31. The number of hydrogen-bond donors (Lipinski definition) is 2. The number of amides is 1. The van der Waals surface area contributed by atoms with Crippen molar-refractivity contribution >= 4 is 27.8 Å². The summed E-state index contributed by atoms with van der Waals surface area (Å²) in [6.07, 6.45) is 6.98.